The molecule has 2 aromatic rings. The molecule has 2 unspecified atom stereocenters. The molecule has 3 heterocycles. The number of fused-ring (bicyclic) bond motifs is 2. The number of β-lactam (4-membered cyclic amide) rings is 1. The number of aryl methyl sites for hydroxylation is 1. The molecular weight excluding hydrogens is 442 g/mol. The van der Waals surface area contributed by atoms with E-state index in [1.165, 1.54) is 41.5 Å². The van der Waals surface area contributed by atoms with Crippen LogP contribution in [0.2, 0.25) is 0 Å². The lowest BCUT2D eigenvalue weighted by Crippen LogP contribution is -2.70. The Morgan fingerprint density at radius 3 is 2.72 bits per heavy atom. The third-order valence-electron chi connectivity index (χ3n) is 5.23. The Kier molecular flexibility index (Phi) is 5.55. The predicted octanol–water partition coefficient (Wildman–Crippen LogP) is 0.530. The Morgan fingerprint density at radius 2 is 2.06 bits per heavy atom. The number of carbonyl (C=O) groups excluding carboxylic acids is 3. The van der Waals surface area contributed by atoms with Gasteiger partial charge in [0.15, 0.2) is 5.58 Å². The molecule has 0 radical (unpaired) electrons. The number of esters is 1. The third kappa shape index (κ3) is 3.55. The van der Waals surface area contributed by atoms with Crippen LogP contribution in [-0.2, 0) is 25.7 Å². The van der Waals surface area contributed by atoms with Crippen LogP contribution >= 0.6 is 11.8 Å². The van der Waals surface area contributed by atoms with Gasteiger partial charge in [-0.3, -0.25) is 23.9 Å². The highest BCUT2D eigenvalue weighted by Gasteiger charge is 2.54. The van der Waals surface area contributed by atoms with Crippen molar-refractivity contribution in [2.24, 2.45) is 0 Å². The first kappa shape index (κ1) is 21.7. The van der Waals surface area contributed by atoms with E-state index >= 15 is 0 Å². The minimum absolute atomic E-state index is 0.221. The van der Waals surface area contributed by atoms with Crippen LogP contribution < -0.4 is 11.1 Å². The number of thioether (sulfide) groups is 1. The van der Waals surface area contributed by atoms with Crippen molar-refractivity contribution in [3.8, 4) is 0 Å². The Morgan fingerprint density at radius 1 is 1.31 bits per heavy atom. The second-order valence-electron chi connectivity index (χ2n) is 7.19. The second-order valence-corrected chi connectivity index (χ2v) is 8.30. The van der Waals surface area contributed by atoms with E-state index in [0.29, 0.717) is 23.2 Å². The molecule has 0 spiro atoms. The first-order chi connectivity index (χ1) is 15.2. The van der Waals surface area contributed by atoms with Crippen molar-refractivity contribution in [1.82, 2.24) is 14.8 Å². The normalized spacial score (nSPS) is 20.1. The summed E-state index contributed by atoms with van der Waals surface area (Å²) in [7, 11) is 0. The van der Waals surface area contributed by atoms with Crippen LogP contribution in [0.1, 0.15) is 24.2 Å². The SMILES string of the molecule is CCn1c(=O)oc2ccc(C(=O)NC3C(=O)N4C(C(=O)O)=C(COC(C)=O)CSC34)cc21. The van der Waals surface area contributed by atoms with Gasteiger partial charge < -0.3 is 19.6 Å². The number of aliphatic carboxylic acids is 1. The summed E-state index contributed by atoms with van der Waals surface area (Å²) in [5.74, 6) is -3.26. The summed E-state index contributed by atoms with van der Waals surface area (Å²) in [6.07, 6.45) is 0. The third-order valence-corrected chi connectivity index (χ3v) is 6.57. The summed E-state index contributed by atoms with van der Waals surface area (Å²) >= 11 is 1.27. The molecule has 32 heavy (non-hydrogen) atoms. The van der Waals surface area contributed by atoms with Gasteiger partial charge in [-0.1, -0.05) is 0 Å². The number of benzene rings is 1. The number of hydrogen-bond donors (Lipinski definition) is 2. The minimum Gasteiger partial charge on any atom is -0.477 e. The van der Waals surface area contributed by atoms with Crippen molar-refractivity contribution >= 4 is 46.6 Å². The Hall–Kier alpha value is -3.54. The van der Waals surface area contributed by atoms with E-state index in [9.17, 15) is 29.1 Å². The fourth-order valence-corrected chi connectivity index (χ4v) is 5.04. The molecule has 2 aliphatic heterocycles. The van der Waals surface area contributed by atoms with Crippen LogP contribution in [0.5, 0.6) is 0 Å². The molecule has 2 N–H and O–H groups in total. The van der Waals surface area contributed by atoms with Crippen molar-refractivity contribution in [1.29, 1.82) is 0 Å². The van der Waals surface area contributed by atoms with Gasteiger partial charge in [0.1, 0.15) is 23.7 Å². The molecule has 1 fully saturated rings. The lowest BCUT2D eigenvalue weighted by molar-refractivity contribution is -0.149. The van der Waals surface area contributed by atoms with Crippen LogP contribution in [0.3, 0.4) is 0 Å². The standard InChI is InChI=1S/C20H19N3O8S/c1-3-22-12-6-10(4-5-13(12)31-20(22)29)16(25)21-14-17(26)23-15(19(27)28)11(7-30-9(2)24)8-32-18(14)23/h4-6,14,18H,3,7-8H2,1-2H3,(H,21,25)(H,27,28). The summed E-state index contributed by atoms with van der Waals surface area (Å²) in [6.45, 7) is 3.13. The molecular formula is C20H19N3O8S. The van der Waals surface area contributed by atoms with Crippen molar-refractivity contribution in [3.05, 3.63) is 45.6 Å². The molecule has 1 saturated heterocycles. The number of rotatable bonds is 6. The van der Waals surface area contributed by atoms with Crippen LogP contribution in [0.4, 0.5) is 0 Å². The average molecular weight is 461 g/mol. The van der Waals surface area contributed by atoms with Gasteiger partial charge in [-0.2, -0.15) is 0 Å². The van der Waals surface area contributed by atoms with Gasteiger partial charge in [-0.25, -0.2) is 9.59 Å². The maximum Gasteiger partial charge on any atom is 0.419 e. The molecule has 11 nitrogen and oxygen atoms in total. The summed E-state index contributed by atoms with van der Waals surface area (Å²) in [6, 6.07) is 3.59. The molecule has 2 aliphatic rings. The van der Waals surface area contributed by atoms with E-state index in [1.807, 2.05) is 0 Å². The van der Waals surface area contributed by atoms with Crippen molar-refractivity contribution in [2.45, 2.75) is 31.8 Å². The number of carboxylic acid groups (broad SMARTS) is 1. The number of amides is 2. The smallest absolute Gasteiger partial charge is 0.419 e. The number of carbonyl (C=O) groups is 4. The maximum atomic E-state index is 12.8. The fourth-order valence-electron chi connectivity index (χ4n) is 3.71. The topological polar surface area (TPSA) is 148 Å². The van der Waals surface area contributed by atoms with Gasteiger partial charge in [0.05, 0.1) is 5.52 Å². The zero-order valence-corrected chi connectivity index (χ0v) is 17.9. The highest BCUT2D eigenvalue weighted by molar-refractivity contribution is 8.00. The first-order valence-corrected chi connectivity index (χ1v) is 10.8. The number of aromatic nitrogens is 1. The molecule has 2 atom stereocenters. The molecule has 1 aromatic heterocycles. The van der Waals surface area contributed by atoms with E-state index < -0.39 is 40.9 Å². The molecule has 0 aliphatic carbocycles. The predicted molar refractivity (Wildman–Crippen MR) is 112 cm³/mol. The summed E-state index contributed by atoms with van der Waals surface area (Å²) in [5, 5.41) is 11.6. The number of nitrogens with zero attached hydrogens (tertiary/aromatic N) is 2. The highest BCUT2D eigenvalue weighted by Crippen LogP contribution is 2.40. The Balaban J connectivity index is 1.54. The second kappa shape index (κ2) is 8.19. The van der Waals surface area contributed by atoms with Crippen molar-refractivity contribution < 1.29 is 33.4 Å². The van der Waals surface area contributed by atoms with Crippen molar-refractivity contribution in [2.75, 3.05) is 12.4 Å². The number of hydrogen-bond acceptors (Lipinski definition) is 8. The zero-order valence-electron chi connectivity index (χ0n) is 17.1. The molecule has 168 valence electrons. The van der Waals surface area contributed by atoms with Crippen molar-refractivity contribution in [3.63, 3.8) is 0 Å². The van der Waals surface area contributed by atoms with E-state index in [4.69, 9.17) is 9.15 Å². The van der Waals surface area contributed by atoms with Gasteiger partial charge >= 0.3 is 17.7 Å². The molecule has 0 saturated carbocycles. The van der Waals surface area contributed by atoms with E-state index in [2.05, 4.69) is 5.32 Å². The molecule has 1 aromatic carbocycles. The van der Waals surface area contributed by atoms with Gasteiger partial charge in [0, 0.05) is 30.4 Å². The monoisotopic (exact) mass is 461 g/mol. The Labute approximate surface area is 185 Å². The molecule has 0 bridgehead atoms. The molecule has 12 heteroatoms. The molecule has 4 rings (SSSR count). The maximum absolute atomic E-state index is 12.8. The first-order valence-electron chi connectivity index (χ1n) is 9.70. The van der Waals surface area contributed by atoms with E-state index in [-0.39, 0.29) is 23.6 Å². The fraction of sp³-hybridized carbons (Fsp3) is 0.350. The van der Waals surface area contributed by atoms with Crippen LogP contribution in [0.15, 0.2) is 38.7 Å². The van der Waals surface area contributed by atoms with E-state index in [0.717, 1.165) is 4.90 Å². The average Bonchev–Trinajstić information content (AvgIpc) is 3.08. The van der Waals surface area contributed by atoms with Crippen LogP contribution in [0.25, 0.3) is 11.1 Å². The van der Waals surface area contributed by atoms with Gasteiger partial charge in [0.25, 0.3) is 11.8 Å². The number of oxazole rings is 1. The number of nitrogens with one attached hydrogen (secondary N) is 1. The quantitative estimate of drug-likeness (QED) is 0.464. The lowest BCUT2D eigenvalue weighted by atomic mass is 10.0. The van der Waals surface area contributed by atoms with Gasteiger partial charge in [-0.05, 0) is 25.1 Å². The highest BCUT2D eigenvalue weighted by atomic mass is 32.2. The summed E-state index contributed by atoms with van der Waals surface area (Å²) in [5.41, 5.74) is 1.13. The summed E-state index contributed by atoms with van der Waals surface area (Å²) < 4.78 is 11.4. The number of ether oxygens (including phenoxy) is 1. The largest absolute Gasteiger partial charge is 0.477 e. The van der Waals surface area contributed by atoms with Crippen LogP contribution in [-0.4, -0.2) is 62.1 Å². The summed E-state index contributed by atoms with van der Waals surface area (Å²) in [4.78, 5) is 61.3. The molecule has 2 amide bonds. The van der Waals surface area contributed by atoms with Crippen LogP contribution in [0, 0.1) is 0 Å². The lowest BCUT2D eigenvalue weighted by Gasteiger charge is -2.49. The van der Waals surface area contributed by atoms with E-state index in [1.54, 1.807) is 6.92 Å². The Bertz CT molecular complexity index is 1240. The van der Waals surface area contributed by atoms with Gasteiger partial charge in [-0.15, -0.1) is 11.8 Å². The minimum atomic E-state index is -1.31. The number of carboxylic acids is 1. The zero-order chi connectivity index (χ0) is 23.2. The van der Waals surface area contributed by atoms with Gasteiger partial charge in [0.2, 0.25) is 0 Å².